The van der Waals surface area contributed by atoms with Crippen molar-refractivity contribution in [3.8, 4) is 0 Å². The van der Waals surface area contributed by atoms with Crippen LogP contribution in [0, 0.1) is 11.6 Å². The van der Waals surface area contributed by atoms with E-state index in [1.165, 1.54) is 18.3 Å². The highest BCUT2D eigenvalue weighted by Crippen LogP contribution is 2.14. The first-order valence-electron chi connectivity index (χ1n) is 8.09. The van der Waals surface area contributed by atoms with Crippen molar-refractivity contribution < 1.29 is 13.6 Å². The number of carbonyl (C=O) groups is 1. The van der Waals surface area contributed by atoms with E-state index >= 15 is 0 Å². The van der Waals surface area contributed by atoms with Gasteiger partial charge in [-0.05, 0) is 42.3 Å². The van der Waals surface area contributed by atoms with Crippen LogP contribution in [0.15, 0.2) is 54.7 Å². The summed E-state index contributed by atoms with van der Waals surface area (Å²) in [5, 5.41) is 6.16. The zero-order valence-corrected chi connectivity index (χ0v) is 14.8. The molecule has 0 unspecified atom stereocenters. The van der Waals surface area contributed by atoms with Crippen molar-refractivity contribution in [1.82, 2.24) is 9.97 Å². The van der Waals surface area contributed by atoms with Crippen LogP contribution in [0.4, 0.5) is 20.4 Å². The lowest BCUT2D eigenvalue weighted by Gasteiger charge is -2.08. The van der Waals surface area contributed by atoms with Gasteiger partial charge in [-0.25, -0.2) is 18.7 Å². The Morgan fingerprint density at radius 3 is 2.70 bits per heavy atom. The van der Waals surface area contributed by atoms with E-state index in [0.29, 0.717) is 18.0 Å². The van der Waals surface area contributed by atoms with Gasteiger partial charge in [-0.15, -0.1) is 0 Å². The van der Waals surface area contributed by atoms with Crippen molar-refractivity contribution in [3.63, 3.8) is 0 Å². The van der Waals surface area contributed by atoms with Gasteiger partial charge in [-0.1, -0.05) is 23.7 Å². The van der Waals surface area contributed by atoms with Crippen molar-refractivity contribution in [2.24, 2.45) is 0 Å². The number of nitrogens with zero attached hydrogens (tertiary/aromatic N) is 2. The molecule has 2 N–H and O–H groups in total. The molecule has 0 aliphatic heterocycles. The van der Waals surface area contributed by atoms with E-state index in [1.54, 1.807) is 6.07 Å². The molecule has 138 valence electrons. The summed E-state index contributed by atoms with van der Waals surface area (Å²) in [5.41, 5.74) is 1.29. The minimum absolute atomic E-state index is 0.0972. The third-order valence-electron chi connectivity index (χ3n) is 3.65. The molecule has 0 saturated heterocycles. The van der Waals surface area contributed by atoms with Gasteiger partial charge in [0.15, 0.2) is 11.6 Å². The first-order chi connectivity index (χ1) is 13.0. The van der Waals surface area contributed by atoms with Gasteiger partial charge in [-0.2, -0.15) is 0 Å². The Morgan fingerprint density at radius 2 is 1.93 bits per heavy atom. The summed E-state index contributed by atoms with van der Waals surface area (Å²) in [4.78, 5) is 20.4. The highest BCUT2D eigenvalue weighted by molar-refractivity contribution is 6.30. The molecule has 1 aromatic heterocycles. The lowest BCUT2D eigenvalue weighted by Crippen LogP contribution is -2.16. The minimum Gasteiger partial charge on any atom is -0.354 e. The molecule has 8 heteroatoms. The average molecular weight is 389 g/mol. The lowest BCUT2D eigenvalue weighted by molar-refractivity contribution is 0.102. The summed E-state index contributed by atoms with van der Waals surface area (Å²) < 4.78 is 26.2. The highest BCUT2D eigenvalue weighted by Gasteiger charge is 2.11. The second-order valence-corrected chi connectivity index (χ2v) is 6.09. The van der Waals surface area contributed by atoms with E-state index in [9.17, 15) is 13.6 Å². The average Bonchev–Trinajstić information content (AvgIpc) is 2.65. The van der Waals surface area contributed by atoms with Crippen molar-refractivity contribution in [2.75, 3.05) is 17.2 Å². The molecule has 0 aliphatic rings. The maximum absolute atomic E-state index is 13.2. The van der Waals surface area contributed by atoms with Gasteiger partial charge in [0.1, 0.15) is 5.69 Å². The summed E-state index contributed by atoms with van der Waals surface area (Å²) in [5.74, 6) is -2.30. The zero-order valence-electron chi connectivity index (χ0n) is 14.0. The second kappa shape index (κ2) is 8.55. The predicted octanol–water partition coefficient (Wildman–Crippen LogP) is 4.32. The number of amides is 1. The topological polar surface area (TPSA) is 66.9 Å². The monoisotopic (exact) mass is 388 g/mol. The van der Waals surface area contributed by atoms with E-state index < -0.39 is 17.5 Å². The number of anilines is 2. The standard InChI is InChI=1S/C19H15ClF2N4O/c20-13-3-1-2-12(10-13)6-8-23-19-24-9-7-17(26-19)18(27)25-14-4-5-15(21)16(22)11-14/h1-5,7,9-11H,6,8H2,(H,25,27)(H,23,24,26). The van der Waals surface area contributed by atoms with Crippen LogP contribution in [0.3, 0.4) is 0 Å². The van der Waals surface area contributed by atoms with Gasteiger partial charge in [0.2, 0.25) is 5.95 Å². The first-order valence-corrected chi connectivity index (χ1v) is 8.47. The molecular weight excluding hydrogens is 374 g/mol. The molecule has 0 atom stereocenters. The largest absolute Gasteiger partial charge is 0.354 e. The number of halogens is 3. The van der Waals surface area contributed by atoms with Crippen molar-refractivity contribution in [1.29, 1.82) is 0 Å². The van der Waals surface area contributed by atoms with Crippen LogP contribution in [0.5, 0.6) is 0 Å². The smallest absolute Gasteiger partial charge is 0.274 e. The van der Waals surface area contributed by atoms with Crippen molar-refractivity contribution >= 4 is 29.1 Å². The van der Waals surface area contributed by atoms with Crippen LogP contribution in [-0.2, 0) is 6.42 Å². The van der Waals surface area contributed by atoms with Crippen molar-refractivity contribution in [2.45, 2.75) is 6.42 Å². The number of hydrogen-bond donors (Lipinski definition) is 2. The summed E-state index contributed by atoms with van der Waals surface area (Å²) >= 11 is 5.95. The van der Waals surface area contributed by atoms with Gasteiger partial charge in [0, 0.05) is 29.5 Å². The van der Waals surface area contributed by atoms with Gasteiger partial charge < -0.3 is 10.6 Å². The Labute approximate surface area is 159 Å². The molecule has 5 nitrogen and oxygen atoms in total. The van der Waals surface area contributed by atoms with E-state index in [4.69, 9.17) is 11.6 Å². The molecule has 0 bridgehead atoms. The number of carbonyl (C=O) groups excluding carboxylic acids is 1. The van der Waals surface area contributed by atoms with Crippen LogP contribution >= 0.6 is 11.6 Å². The Hall–Kier alpha value is -3.06. The van der Waals surface area contributed by atoms with Gasteiger partial charge in [-0.3, -0.25) is 4.79 Å². The molecule has 0 spiro atoms. The van der Waals surface area contributed by atoms with Crippen LogP contribution in [0.2, 0.25) is 5.02 Å². The van der Waals surface area contributed by atoms with Gasteiger partial charge in [0.05, 0.1) is 0 Å². The van der Waals surface area contributed by atoms with E-state index in [-0.39, 0.29) is 17.3 Å². The summed E-state index contributed by atoms with van der Waals surface area (Å²) in [7, 11) is 0. The highest BCUT2D eigenvalue weighted by atomic mass is 35.5. The molecule has 2 aromatic carbocycles. The maximum atomic E-state index is 13.2. The maximum Gasteiger partial charge on any atom is 0.274 e. The van der Waals surface area contributed by atoms with E-state index in [1.807, 2.05) is 18.2 Å². The van der Waals surface area contributed by atoms with E-state index in [0.717, 1.165) is 17.7 Å². The molecule has 0 fully saturated rings. The van der Waals surface area contributed by atoms with Crippen LogP contribution in [0.25, 0.3) is 0 Å². The number of hydrogen-bond acceptors (Lipinski definition) is 4. The lowest BCUT2D eigenvalue weighted by atomic mass is 10.1. The fourth-order valence-electron chi connectivity index (χ4n) is 2.35. The fourth-order valence-corrected chi connectivity index (χ4v) is 2.56. The molecule has 1 heterocycles. The normalized spacial score (nSPS) is 10.5. The summed E-state index contributed by atoms with van der Waals surface area (Å²) in [6.45, 7) is 0.550. The third-order valence-corrected chi connectivity index (χ3v) is 3.89. The SMILES string of the molecule is O=C(Nc1ccc(F)c(F)c1)c1ccnc(NCCc2cccc(Cl)c2)n1. The molecule has 0 aliphatic carbocycles. The molecule has 1 amide bonds. The quantitative estimate of drug-likeness (QED) is 0.660. The summed E-state index contributed by atoms with van der Waals surface area (Å²) in [6.07, 6.45) is 2.14. The number of rotatable bonds is 6. The number of aromatic nitrogens is 2. The first kappa shape index (κ1) is 18.7. The number of benzene rings is 2. The molecule has 3 rings (SSSR count). The fraction of sp³-hybridized carbons (Fsp3) is 0.105. The van der Waals surface area contributed by atoms with Crippen LogP contribution in [0.1, 0.15) is 16.1 Å². The predicted molar refractivity (Wildman–Crippen MR) is 100.0 cm³/mol. The molecule has 0 saturated carbocycles. The molecular formula is C19H15ClF2N4O. The molecule has 27 heavy (non-hydrogen) atoms. The molecule has 3 aromatic rings. The molecule has 0 radical (unpaired) electrons. The van der Waals surface area contributed by atoms with Crippen LogP contribution < -0.4 is 10.6 Å². The van der Waals surface area contributed by atoms with Gasteiger partial charge >= 0.3 is 0 Å². The Kier molecular flexibility index (Phi) is 5.93. The van der Waals surface area contributed by atoms with E-state index in [2.05, 4.69) is 20.6 Å². The Morgan fingerprint density at radius 1 is 1.07 bits per heavy atom. The van der Waals surface area contributed by atoms with Gasteiger partial charge in [0.25, 0.3) is 5.91 Å². The second-order valence-electron chi connectivity index (χ2n) is 5.66. The zero-order chi connectivity index (χ0) is 19.2. The minimum atomic E-state index is -1.04. The van der Waals surface area contributed by atoms with Crippen LogP contribution in [-0.4, -0.2) is 22.4 Å². The third kappa shape index (κ3) is 5.21. The number of nitrogens with one attached hydrogen (secondary N) is 2. The Bertz CT molecular complexity index is 968. The Balaban J connectivity index is 1.60. The summed E-state index contributed by atoms with van der Waals surface area (Å²) in [6, 6.07) is 12.0. The van der Waals surface area contributed by atoms with Crippen molar-refractivity contribution in [3.05, 3.63) is 82.6 Å².